The molecule has 124 valence electrons. The Morgan fingerprint density at radius 2 is 2.29 bits per heavy atom. The Balaban J connectivity index is 2.35. The maximum absolute atomic E-state index is 11.6. The first kappa shape index (κ1) is 18.0. The van der Waals surface area contributed by atoms with Gasteiger partial charge in [0, 0.05) is 34.7 Å². The molecular formula is C14H15BrN7OS+. The Labute approximate surface area is 151 Å². The lowest BCUT2D eigenvalue weighted by molar-refractivity contribution is -0.576. The summed E-state index contributed by atoms with van der Waals surface area (Å²) in [5.41, 5.74) is 8.71. The smallest absolute Gasteiger partial charge is 0.254 e. The first-order valence-electron chi connectivity index (χ1n) is 6.67. The summed E-state index contributed by atoms with van der Waals surface area (Å²) in [6.45, 7) is 0. The number of aromatic nitrogens is 2. The SMILES string of the molecule is CSc1ncc(C(N)=O)c(Nc2cc(Br)cc([NH2+]/N=C\C=N)c2)n1. The molecule has 8 nitrogen and oxygen atoms in total. The van der Waals surface area contributed by atoms with Crippen molar-refractivity contribution in [3.05, 3.63) is 34.4 Å². The fraction of sp³-hybridized carbons (Fsp3) is 0.0714. The van der Waals surface area contributed by atoms with Crippen LogP contribution in [0.1, 0.15) is 10.4 Å². The second kappa shape index (κ2) is 8.52. The maximum Gasteiger partial charge on any atom is 0.254 e. The van der Waals surface area contributed by atoms with E-state index in [2.05, 4.69) is 36.3 Å². The predicted molar refractivity (Wildman–Crippen MR) is 98.6 cm³/mol. The van der Waals surface area contributed by atoms with Gasteiger partial charge in [-0.05, 0) is 12.3 Å². The molecule has 0 saturated carbocycles. The van der Waals surface area contributed by atoms with E-state index in [9.17, 15) is 4.79 Å². The number of hydrogen-bond acceptors (Lipinski definition) is 7. The van der Waals surface area contributed by atoms with Crippen molar-refractivity contribution in [2.24, 2.45) is 10.8 Å². The number of hydrogen-bond donors (Lipinski definition) is 4. The number of carbonyl (C=O) groups is 1. The van der Waals surface area contributed by atoms with Crippen molar-refractivity contribution in [2.45, 2.75) is 5.16 Å². The monoisotopic (exact) mass is 408 g/mol. The molecule has 0 aliphatic heterocycles. The van der Waals surface area contributed by atoms with Crippen LogP contribution in [0.5, 0.6) is 0 Å². The fourth-order valence-electron chi connectivity index (χ4n) is 1.81. The number of quaternary nitrogens is 1. The minimum absolute atomic E-state index is 0.208. The molecule has 1 aromatic carbocycles. The predicted octanol–water partition coefficient (Wildman–Crippen LogP) is 1.63. The molecule has 0 spiro atoms. The molecule has 0 aliphatic rings. The first-order chi connectivity index (χ1) is 11.5. The van der Waals surface area contributed by atoms with Gasteiger partial charge in [0.25, 0.3) is 5.91 Å². The van der Waals surface area contributed by atoms with Crippen molar-refractivity contribution in [3.63, 3.8) is 0 Å². The van der Waals surface area contributed by atoms with Crippen molar-refractivity contribution in [1.82, 2.24) is 9.97 Å². The molecule has 0 radical (unpaired) electrons. The van der Waals surface area contributed by atoms with Crippen LogP contribution in [0.15, 0.2) is 39.1 Å². The number of amides is 1. The standard InChI is InChI=1S/C14H14BrN7OS/c1-24-14-18-7-11(12(17)23)13(21-14)20-9-4-8(15)5-10(6-9)22-19-3-2-16/h2-7,16,22H,1H3,(H2,17,23)(H,18,20,21)/p+1/b16-2?,19-3-. The van der Waals surface area contributed by atoms with Crippen molar-refractivity contribution in [2.75, 3.05) is 11.6 Å². The summed E-state index contributed by atoms with van der Waals surface area (Å²) < 4.78 is 0.823. The van der Waals surface area contributed by atoms with Crippen LogP contribution < -0.4 is 16.5 Å². The van der Waals surface area contributed by atoms with Crippen LogP contribution in [0.3, 0.4) is 0 Å². The highest BCUT2D eigenvalue weighted by Crippen LogP contribution is 2.25. The molecule has 10 heteroatoms. The summed E-state index contributed by atoms with van der Waals surface area (Å²) in [7, 11) is 0. The van der Waals surface area contributed by atoms with Crippen molar-refractivity contribution in [1.29, 1.82) is 5.41 Å². The number of carbonyl (C=O) groups excluding carboxylic acids is 1. The third kappa shape index (κ3) is 4.85. The summed E-state index contributed by atoms with van der Waals surface area (Å²) in [6, 6.07) is 5.54. The van der Waals surface area contributed by atoms with Gasteiger partial charge < -0.3 is 16.5 Å². The zero-order chi connectivity index (χ0) is 17.5. The number of nitrogens with zero attached hydrogens (tertiary/aromatic N) is 3. The molecule has 1 heterocycles. The Morgan fingerprint density at radius 3 is 2.96 bits per heavy atom. The highest BCUT2D eigenvalue weighted by Gasteiger charge is 2.13. The van der Waals surface area contributed by atoms with E-state index >= 15 is 0 Å². The number of anilines is 2. The zero-order valence-electron chi connectivity index (χ0n) is 12.7. The number of nitrogens with two attached hydrogens (primary N) is 2. The van der Waals surface area contributed by atoms with E-state index in [1.807, 2.05) is 24.5 Å². The van der Waals surface area contributed by atoms with Crippen LogP contribution in [-0.4, -0.2) is 34.6 Å². The molecule has 1 amide bonds. The first-order valence-corrected chi connectivity index (χ1v) is 8.69. The van der Waals surface area contributed by atoms with Gasteiger partial charge in [0.1, 0.15) is 17.6 Å². The van der Waals surface area contributed by atoms with E-state index in [1.54, 1.807) is 5.43 Å². The number of rotatable bonds is 7. The van der Waals surface area contributed by atoms with Gasteiger partial charge in [-0.25, -0.2) is 9.97 Å². The Morgan fingerprint density at radius 1 is 1.50 bits per heavy atom. The van der Waals surface area contributed by atoms with Crippen LogP contribution in [0, 0.1) is 5.41 Å². The fourth-order valence-corrected chi connectivity index (χ4v) is 2.66. The minimum atomic E-state index is -0.609. The number of halogens is 1. The van der Waals surface area contributed by atoms with Gasteiger partial charge >= 0.3 is 0 Å². The van der Waals surface area contributed by atoms with Crippen LogP contribution in [0.2, 0.25) is 0 Å². The number of thioether (sulfide) groups is 1. The van der Waals surface area contributed by atoms with Gasteiger partial charge in [-0.15, -0.1) is 0 Å². The Hall–Kier alpha value is -2.30. The zero-order valence-corrected chi connectivity index (χ0v) is 15.1. The van der Waals surface area contributed by atoms with Crippen molar-refractivity contribution >= 4 is 63.2 Å². The molecule has 2 rings (SSSR count). The topological polar surface area (TPSA) is 134 Å². The second-order valence-corrected chi connectivity index (χ2v) is 6.16. The number of benzene rings is 1. The van der Waals surface area contributed by atoms with E-state index in [0.29, 0.717) is 16.7 Å². The minimum Gasteiger partial charge on any atom is -0.365 e. The average Bonchev–Trinajstić information content (AvgIpc) is 2.54. The van der Waals surface area contributed by atoms with Crippen molar-refractivity contribution < 1.29 is 10.2 Å². The summed E-state index contributed by atoms with van der Waals surface area (Å²) in [6.07, 6.45) is 5.71. The summed E-state index contributed by atoms with van der Waals surface area (Å²) >= 11 is 4.79. The molecule has 0 aliphatic carbocycles. The average molecular weight is 409 g/mol. The van der Waals surface area contributed by atoms with E-state index in [1.165, 1.54) is 24.2 Å². The van der Waals surface area contributed by atoms with Crippen LogP contribution >= 0.6 is 27.7 Å². The van der Waals surface area contributed by atoms with Gasteiger partial charge in [0.2, 0.25) is 0 Å². The molecule has 2 aromatic rings. The molecule has 6 N–H and O–H groups in total. The molecule has 0 atom stereocenters. The quantitative estimate of drug-likeness (QED) is 0.138. The Kier molecular flexibility index (Phi) is 6.41. The van der Waals surface area contributed by atoms with Gasteiger partial charge in [-0.3, -0.25) is 4.79 Å². The largest absolute Gasteiger partial charge is 0.365 e. The molecule has 1 aromatic heterocycles. The second-order valence-electron chi connectivity index (χ2n) is 4.48. The third-order valence-corrected chi connectivity index (χ3v) is 3.80. The van der Waals surface area contributed by atoms with E-state index in [0.717, 1.165) is 16.4 Å². The van der Waals surface area contributed by atoms with E-state index < -0.39 is 5.91 Å². The van der Waals surface area contributed by atoms with Crippen molar-refractivity contribution in [3.8, 4) is 0 Å². The lowest BCUT2D eigenvalue weighted by Crippen LogP contribution is -2.71. The molecule has 0 unspecified atom stereocenters. The number of primary amides is 1. The molecule has 24 heavy (non-hydrogen) atoms. The normalized spacial score (nSPS) is 10.8. The summed E-state index contributed by atoms with van der Waals surface area (Å²) in [5, 5.41) is 14.5. The highest BCUT2D eigenvalue weighted by molar-refractivity contribution is 9.10. The van der Waals surface area contributed by atoms with Gasteiger partial charge in [-0.1, -0.05) is 32.8 Å². The summed E-state index contributed by atoms with van der Waals surface area (Å²) in [4.78, 5) is 19.9. The molecular weight excluding hydrogens is 394 g/mol. The lowest BCUT2D eigenvalue weighted by atomic mass is 10.2. The van der Waals surface area contributed by atoms with Gasteiger partial charge in [0.05, 0.1) is 0 Å². The molecule has 0 fully saturated rings. The number of nitrogens with one attached hydrogen (secondary N) is 2. The maximum atomic E-state index is 11.6. The van der Waals surface area contributed by atoms with Crippen LogP contribution in [-0.2, 0) is 0 Å². The highest BCUT2D eigenvalue weighted by atomic mass is 79.9. The van der Waals surface area contributed by atoms with E-state index in [4.69, 9.17) is 11.1 Å². The van der Waals surface area contributed by atoms with Crippen LogP contribution in [0.4, 0.5) is 17.2 Å². The van der Waals surface area contributed by atoms with Gasteiger partial charge in [0.15, 0.2) is 10.8 Å². The van der Waals surface area contributed by atoms with Crippen LogP contribution in [0.25, 0.3) is 0 Å². The third-order valence-electron chi connectivity index (χ3n) is 2.78. The molecule has 0 bridgehead atoms. The summed E-state index contributed by atoms with van der Waals surface area (Å²) in [5.74, 6) is -0.267. The van der Waals surface area contributed by atoms with Gasteiger partial charge in [-0.2, -0.15) is 5.43 Å². The Bertz CT molecular complexity index is 797. The molecule has 0 saturated heterocycles. The lowest BCUT2D eigenvalue weighted by Gasteiger charge is -2.10. The van der Waals surface area contributed by atoms with E-state index in [-0.39, 0.29) is 5.56 Å².